The van der Waals surface area contributed by atoms with Gasteiger partial charge in [-0.15, -0.1) is 0 Å². The highest BCUT2D eigenvalue weighted by atomic mass is 127. The van der Waals surface area contributed by atoms with Gasteiger partial charge in [-0.05, 0) is 22.6 Å². The van der Waals surface area contributed by atoms with Crippen LogP contribution in [0, 0.1) is 3.57 Å². The van der Waals surface area contributed by atoms with Crippen LogP contribution < -0.4 is 4.74 Å². The number of methoxy groups -OCH3 is 1. The fourth-order valence-corrected chi connectivity index (χ4v) is 1.98. The number of hydrogen-bond acceptors (Lipinski definition) is 5. The molecule has 0 aromatic carbocycles. The summed E-state index contributed by atoms with van der Waals surface area (Å²) < 4.78 is 5.82. The lowest BCUT2D eigenvalue weighted by atomic mass is 10.5. The van der Waals surface area contributed by atoms with Crippen LogP contribution in [0.4, 0.5) is 0 Å². The summed E-state index contributed by atoms with van der Waals surface area (Å²) in [5.74, 6) is 0.571. The molecule has 2 heterocycles. The van der Waals surface area contributed by atoms with Crippen molar-refractivity contribution in [3.8, 4) is 15.9 Å². The molecule has 0 spiro atoms. The standard InChI is InChI=1S/C8H5ClIN3OS/c1-14-8-12-3-5(15-8)7-11-2-4(10)6(9)13-7/h2-3H,1H3. The van der Waals surface area contributed by atoms with E-state index in [1.807, 2.05) is 0 Å². The second-order valence-corrected chi connectivity index (χ2v) is 5.04. The maximum absolute atomic E-state index is 5.90. The smallest absolute Gasteiger partial charge is 0.273 e. The first-order valence-electron chi connectivity index (χ1n) is 3.89. The van der Waals surface area contributed by atoms with Crippen molar-refractivity contribution >= 4 is 45.5 Å². The molecule has 0 fully saturated rings. The van der Waals surface area contributed by atoms with E-state index < -0.39 is 0 Å². The van der Waals surface area contributed by atoms with Crippen molar-refractivity contribution in [1.29, 1.82) is 0 Å². The number of hydrogen-bond donors (Lipinski definition) is 0. The monoisotopic (exact) mass is 353 g/mol. The van der Waals surface area contributed by atoms with E-state index in [-0.39, 0.29) is 0 Å². The van der Waals surface area contributed by atoms with E-state index in [0.29, 0.717) is 16.2 Å². The molecule has 0 aliphatic heterocycles. The van der Waals surface area contributed by atoms with Gasteiger partial charge in [0, 0.05) is 6.20 Å². The predicted octanol–water partition coefficient (Wildman–Crippen LogP) is 2.87. The van der Waals surface area contributed by atoms with Crippen molar-refractivity contribution in [2.24, 2.45) is 0 Å². The lowest BCUT2D eigenvalue weighted by Gasteiger charge is -1.97. The topological polar surface area (TPSA) is 47.9 Å². The lowest BCUT2D eigenvalue weighted by molar-refractivity contribution is 0.412. The predicted molar refractivity (Wildman–Crippen MR) is 67.4 cm³/mol. The van der Waals surface area contributed by atoms with Crippen LogP contribution in [0.15, 0.2) is 12.4 Å². The number of nitrogens with zero attached hydrogens (tertiary/aromatic N) is 3. The minimum atomic E-state index is 0.452. The SMILES string of the molecule is COc1ncc(-c2ncc(I)c(Cl)n2)s1. The second-order valence-electron chi connectivity index (χ2n) is 2.53. The molecule has 4 nitrogen and oxygen atoms in total. The number of halogens is 2. The molecule has 78 valence electrons. The Morgan fingerprint density at radius 1 is 1.40 bits per heavy atom. The first-order valence-corrected chi connectivity index (χ1v) is 6.16. The number of aromatic nitrogens is 3. The van der Waals surface area contributed by atoms with Gasteiger partial charge in [0.25, 0.3) is 5.19 Å². The van der Waals surface area contributed by atoms with E-state index in [9.17, 15) is 0 Å². The van der Waals surface area contributed by atoms with Crippen LogP contribution >= 0.6 is 45.5 Å². The van der Waals surface area contributed by atoms with E-state index in [4.69, 9.17) is 16.3 Å². The van der Waals surface area contributed by atoms with E-state index >= 15 is 0 Å². The molecular weight excluding hydrogens is 349 g/mol. The molecule has 0 aliphatic carbocycles. The number of thiazole rings is 1. The Bertz CT molecular complexity index is 490. The van der Waals surface area contributed by atoms with Gasteiger partial charge in [-0.3, -0.25) is 0 Å². The van der Waals surface area contributed by atoms with E-state index in [2.05, 4.69) is 37.5 Å². The van der Waals surface area contributed by atoms with Gasteiger partial charge in [-0.25, -0.2) is 15.0 Å². The largest absolute Gasteiger partial charge is 0.473 e. The maximum Gasteiger partial charge on any atom is 0.273 e. The molecule has 0 amide bonds. The van der Waals surface area contributed by atoms with Gasteiger partial charge in [0.15, 0.2) is 5.82 Å². The van der Waals surface area contributed by atoms with Crippen LogP contribution in [-0.2, 0) is 0 Å². The van der Waals surface area contributed by atoms with Gasteiger partial charge in [-0.2, -0.15) is 0 Å². The Hall–Kier alpha value is -0.470. The van der Waals surface area contributed by atoms with Crippen molar-refractivity contribution in [2.45, 2.75) is 0 Å². The van der Waals surface area contributed by atoms with Crippen molar-refractivity contribution in [2.75, 3.05) is 7.11 Å². The molecule has 2 aromatic rings. The molecule has 0 radical (unpaired) electrons. The first kappa shape index (κ1) is 11.0. The van der Waals surface area contributed by atoms with E-state index in [1.54, 1.807) is 19.5 Å². The molecule has 2 rings (SSSR count). The average Bonchev–Trinajstić information content (AvgIpc) is 2.70. The van der Waals surface area contributed by atoms with Gasteiger partial charge in [0.1, 0.15) is 5.15 Å². The van der Waals surface area contributed by atoms with E-state index in [1.165, 1.54) is 11.3 Å². The van der Waals surface area contributed by atoms with Crippen molar-refractivity contribution in [3.05, 3.63) is 21.1 Å². The minimum absolute atomic E-state index is 0.452. The normalized spacial score (nSPS) is 10.3. The Kier molecular flexibility index (Phi) is 3.37. The quantitative estimate of drug-likeness (QED) is 0.615. The Morgan fingerprint density at radius 2 is 2.20 bits per heavy atom. The highest BCUT2D eigenvalue weighted by Crippen LogP contribution is 2.28. The van der Waals surface area contributed by atoms with Crippen LogP contribution in [0.25, 0.3) is 10.7 Å². The zero-order chi connectivity index (χ0) is 10.8. The van der Waals surface area contributed by atoms with Gasteiger partial charge in [-0.1, -0.05) is 22.9 Å². The Labute approximate surface area is 109 Å². The molecule has 0 atom stereocenters. The fraction of sp³-hybridized carbons (Fsp3) is 0.125. The first-order chi connectivity index (χ1) is 7.20. The van der Waals surface area contributed by atoms with Gasteiger partial charge < -0.3 is 4.74 Å². The third-order valence-electron chi connectivity index (χ3n) is 1.58. The van der Waals surface area contributed by atoms with Crippen LogP contribution in [0.2, 0.25) is 5.15 Å². The lowest BCUT2D eigenvalue weighted by Crippen LogP contribution is -1.89. The summed E-state index contributed by atoms with van der Waals surface area (Å²) in [6, 6.07) is 0. The van der Waals surface area contributed by atoms with E-state index in [0.717, 1.165) is 8.45 Å². The molecule has 15 heavy (non-hydrogen) atoms. The second kappa shape index (κ2) is 4.58. The zero-order valence-corrected chi connectivity index (χ0v) is 11.3. The van der Waals surface area contributed by atoms with Crippen molar-refractivity contribution in [1.82, 2.24) is 15.0 Å². The molecule has 0 saturated heterocycles. The summed E-state index contributed by atoms with van der Waals surface area (Å²) in [6.07, 6.45) is 3.35. The number of rotatable bonds is 2. The summed E-state index contributed by atoms with van der Waals surface area (Å²) in [7, 11) is 1.57. The molecule has 0 unspecified atom stereocenters. The van der Waals surface area contributed by atoms with Crippen LogP contribution in [0.3, 0.4) is 0 Å². The van der Waals surface area contributed by atoms with Gasteiger partial charge in [0.2, 0.25) is 0 Å². The van der Waals surface area contributed by atoms with Crippen LogP contribution in [0.1, 0.15) is 0 Å². The molecule has 2 aromatic heterocycles. The molecule has 0 N–H and O–H groups in total. The highest BCUT2D eigenvalue weighted by molar-refractivity contribution is 14.1. The minimum Gasteiger partial charge on any atom is -0.473 e. The molecule has 0 bridgehead atoms. The van der Waals surface area contributed by atoms with Crippen molar-refractivity contribution in [3.63, 3.8) is 0 Å². The summed E-state index contributed by atoms with van der Waals surface area (Å²) in [5, 5.41) is 1.04. The summed E-state index contributed by atoms with van der Waals surface area (Å²) in [5.41, 5.74) is 0. The molecular formula is C8H5ClIN3OS. The van der Waals surface area contributed by atoms with Gasteiger partial charge in [0.05, 0.1) is 21.8 Å². The third-order valence-corrected chi connectivity index (χ3v) is 3.93. The fourth-order valence-electron chi connectivity index (χ4n) is 0.921. The van der Waals surface area contributed by atoms with Crippen molar-refractivity contribution < 1.29 is 4.74 Å². The summed E-state index contributed by atoms with van der Waals surface area (Å²) in [6.45, 7) is 0. The summed E-state index contributed by atoms with van der Waals surface area (Å²) in [4.78, 5) is 13.2. The average molecular weight is 354 g/mol. The Balaban J connectivity index is 2.40. The molecule has 0 aliphatic rings. The Morgan fingerprint density at radius 3 is 2.80 bits per heavy atom. The molecule has 7 heteroatoms. The van der Waals surface area contributed by atoms with Crippen LogP contribution in [0.5, 0.6) is 5.19 Å². The molecule has 0 saturated carbocycles. The number of ether oxygens (including phenoxy) is 1. The summed E-state index contributed by atoms with van der Waals surface area (Å²) >= 11 is 9.36. The van der Waals surface area contributed by atoms with Gasteiger partial charge >= 0.3 is 0 Å². The maximum atomic E-state index is 5.90. The highest BCUT2D eigenvalue weighted by Gasteiger charge is 2.09. The zero-order valence-electron chi connectivity index (χ0n) is 7.57. The third kappa shape index (κ3) is 2.37. The van der Waals surface area contributed by atoms with Crippen LogP contribution in [-0.4, -0.2) is 22.1 Å².